The zero-order valence-electron chi connectivity index (χ0n) is 12.0. The smallest absolute Gasteiger partial charge is 0.122 e. The largest absolute Gasteiger partial charge is 0.496 e. The van der Waals surface area contributed by atoms with Crippen molar-refractivity contribution in [1.82, 2.24) is 4.98 Å². The third-order valence-electron chi connectivity index (χ3n) is 3.09. The first-order chi connectivity index (χ1) is 9.65. The Bertz CT molecular complexity index is 626. The van der Waals surface area contributed by atoms with Gasteiger partial charge in [-0.2, -0.15) is 5.26 Å². The van der Waals surface area contributed by atoms with Crippen LogP contribution in [0.4, 0.5) is 0 Å². The Morgan fingerprint density at radius 1 is 1.35 bits per heavy atom. The van der Waals surface area contributed by atoms with Gasteiger partial charge in [-0.3, -0.25) is 0 Å². The molecule has 0 saturated carbocycles. The Kier molecular flexibility index (Phi) is 4.75. The zero-order valence-corrected chi connectivity index (χ0v) is 12.8. The zero-order chi connectivity index (χ0) is 14.5. The average molecular weight is 286 g/mol. The lowest BCUT2D eigenvalue weighted by Gasteiger charge is -2.06. The predicted octanol–water partition coefficient (Wildman–Crippen LogP) is 3.93. The van der Waals surface area contributed by atoms with Gasteiger partial charge in [-0.05, 0) is 12.0 Å². The minimum atomic E-state index is 0.348. The van der Waals surface area contributed by atoms with Crippen LogP contribution in [-0.2, 0) is 12.8 Å². The topological polar surface area (TPSA) is 45.9 Å². The van der Waals surface area contributed by atoms with Crippen LogP contribution in [0.5, 0.6) is 5.75 Å². The predicted molar refractivity (Wildman–Crippen MR) is 81.3 cm³/mol. The standard InChI is InChI=1S/C16H18N2OS/c1-11(2)16-14(8-9-17)20-15(18-16)10-12-6-4-5-7-13(12)19-3/h4-7,11H,8,10H2,1-3H3. The van der Waals surface area contributed by atoms with Gasteiger partial charge in [-0.1, -0.05) is 32.0 Å². The summed E-state index contributed by atoms with van der Waals surface area (Å²) in [6, 6.07) is 10.2. The Morgan fingerprint density at radius 3 is 2.75 bits per heavy atom. The second kappa shape index (κ2) is 6.53. The Labute approximate surface area is 123 Å². The van der Waals surface area contributed by atoms with Crippen LogP contribution in [-0.4, -0.2) is 12.1 Å². The molecule has 0 spiro atoms. The molecule has 2 rings (SSSR count). The van der Waals surface area contributed by atoms with Gasteiger partial charge in [0.15, 0.2) is 0 Å². The number of hydrogen-bond donors (Lipinski definition) is 0. The first-order valence-corrected chi connectivity index (χ1v) is 7.44. The molecule has 0 saturated heterocycles. The maximum absolute atomic E-state index is 8.92. The maximum atomic E-state index is 8.92. The van der Waals surface area contributed by atoms with Crippen LogP contribution in [0.3, 0.4) is 0 Å². The first kappa shape index (κ1) is 14.5. The lowest BCUT2D eigenvalue weighted by Crippen LogP contribution is -1.95. The van der Waals surface area contributed by atoms with E-state index in [1.54, 1.807) is 18.4 Å². The molecule has 0 amide bonds. The van der Waals surface area contributed by atoms with Crippen LogP contribution in [0.1, 0.15) is 40.9 Å². The van der Waals surface area contributed by atoms with Crippen molar-refractivity contribution in [2.24, 2.45) is 0 Å². The summed E-state index contributed by atoms with van der Waals surface area (Å²) in [6.45, 7) is 4.23. The van der Waals surface area contributed by atoms with Gasteiger partial charge >= 0.3 is 0 Å². The molecule has 0 N–H and O–H groups in total. The molecule has 0 fully saturated rings. The van der Waals surface area contributed by atoms with Gasteiger partial charge in [0.05, 0.1) is 30.3 Å². The van der Waals surface area contributed by atoms with Crippen LogP contribution in [0, 0.1) is 11.3 Å². The Morgan fingerprint density at radius 2 is 2.10 bits per heavy atom. The molecule has 0 radical (unpaired) electrons. The van der Waals surface area contributed by atoms with Crippen LogP contribution >= 0.6 is 11.3 Å². The average Bonchev–Trinajstić information content (AvgIpc) is 2.83. The number of nitrogens with zero attached hydrogens (tertiary/aromatic N) is 2. The number of rotatable bonds is 5. The summed E-state index contributed by atoms with van der Waals surface area (Å²) >= 11 is 1.64. The number of methoxy groups -OCH3 is 1. The fourth-order valence-corrected chi connectivity index (χ4v) is 3.33. The van der Waals surface area contributed by atoms with Crippen molar-refractivity contribution >= 4 is 11.3 Å². The highest BCUT2D eigenvalue weighted by Gasteiger charge is 2.15. The van der Waals surface area contributed by atoms with E-state index in [1.807, 2.05) is 18.2 Å². The number of hydrogen-bond acceptors (Lipinski definition) is 4. The molecule has 1 heterocycles. The van der Waals surface area contributed by atoms with Crippen molar-refractivity contribution < 1.29 is 4.74 Å². The quantitative estimate of drug-likeness (QED) is 0.836. The van der Waals surface area contributed by atoms with Crippen molar-refractivity contribution in [2.45, 2.75) is 32.6 Å². The highest BCUT2D eigenvalue weighted by Crippen LogP contribution is 2.29. The van der Waals surface area contributed by atoms with Gasteiger partial charge in [0.1, 0.15) is 5.75 Å². The monoisotopic (exact) mass is 286 g/mol. The number of nitriles is 1. The molecule has 0 atom stereocenters. The molecule has 0 bridgehead atoms. The molecular weight excluding hydrogens is 268 g/mol. The number of benzene rings is 1. The van der Waals surface area contributed by atoms with Crippen molar-refractivity contribution in [1.29, 1.82) is 5.26 Å². The molecule has 3 nitrogen and oxygen atoms in total. The summed E-state index contributed by atoms with van der Waals surface area (Å²) in [5, 5.41) is 9.96. The molecule has 0 aliphatic carbocycles. The van der Waals surface area contributed by atoms with Crippen LogP contribution in [0.25, 0.3) is 0 Å². The molecule has 104 valence electrons. The summed E-state index contributed by atoms with van der Waals surface area (Å²) < 4.78 is 5.37. The fraction of sp³-hybridized carbons (Fsp3) is 0.375. The minimum absolute atomic E-state index is 0.348. The van der Waals surface area contributed by atoms with E-state index in [-0.39, 0.29) is 0 Å². The molecule has 20 heavy (non-hydrogen) atoms. The maximum Gasteiger partial charge on any atom is 0.122 e. The molecule has 0 unspecified atom stereocenters. The highest BCUT2D eigenvalue weighted by molar-refractivity contribution is 7.11. The molecule has 0 aliphatic rings. The van der Waals surface area contributed by atoms with Gasteiger partial charge in [0, 0.05) is 16.9 Å². The summed E-state index contributed by atoms with van der Waals surface area (Å²) in [5.41, 5.74) is 2.18. The van der Waals surface area contributed by atoms with Crippen molar-refractivity contribution in [3.05, 3.63) is 45.4 Å². The van der Waals surface area contributed by atoms with Crippen molar-refractivity contribution in [3.63, 3.8) is 0 Å². The second-order valence-electron chi connectivity index (χ2n) is 4.89. The number of para-hydroxylation sites is 1. The van der Waals surface area contributed by atoms with Gasteiger partial charge in [0.2, 0.25) is 0 Å². The lowest BCUT2D eigenvalue weighted by atomic mass is 10.1. The summed E-state index contributed by atoms with van der Waals surface area (Å²) in [7, 11) is 1.68. The molecule has 4 heteroatoms. The van der Waals surface area contributed by atoms with E-state index < -0.39 is 0 Å². The van der Waals surface area contributed by atoms with Crippen molar-refractivity contribution in [3.8, 4) is 11.8 Å². The van der Waals surface area contributed by atoms with E-state index in [0.717, 1.165) is 33.3 Å². The van der Waals surface area contributed by atoms with E-state index in [2.05, 4.69) is 26.0 Å². The number of aromatic nitrogens is 1. The molecule has 2 aromatic rings. The van der Waals surface area contributed by atoms with E-state index in [9.17, 15) is 0 Å². The van der Waals surface area contributed by atoms with E-state index in [0.29, 0.717) is 12.3 Å². The number of ether oxygens (including phenoxy) is 1. The van der Waals surface area contributed by atoms with Gasteiger partial charge in [0.25, 0.3) is 0 Å². The summed E-state index contributed by atoms with van der Waals surface area (Å²) in [4.78, 5) is 5.80. The molecular formula is C16H18N2OS. The van der Waals surface area contributed by atoms with Crippen LogP contribution in [0.15, 0.2) is 24.3 Å². The van der Waals surface area contributed by atoms with Crippen molar-refractivity contribution in [2.75, 3.05) is 7.11 Å². The fourth-order valence-electron chi connectivity index (χ4n) is 2.15. The van der Waals surface area contributed by atoms with E-state index >= 15 is 0 Å². The lowest BCUT2D eigenvalue weighted by molar-refractivity contribution is 0.410. The molecule has 1 aromatic heterocycles. The molecule has 1 aromatic carbocycles. The normalized spacial score (nSPS) is 10.6. The summed E-state index contributed by atoms with van der Waals surface area (Å²) in [6.07, 6.45) is 1.19. The van der Waals surface area contributed by atoms with E-state index in [1.165, 1.54) is 0 Å². The van der Waals surface area contributed by atoms with Crippen LogP contribution < -0.4 is 4.74 Å². The third-order valence-corrected chi connectivity index (χ3v) is 4.16. The Hall–Kier alpha value is -1.86. The third kappa shape index (κ3) is 3.17. The van der Waals surface area contributed by atoms with Gasteiger partial charge < -0.3 is 4.74 Å². The first-order valence-electron chi connectivity index (χ1n) is 6.63. The molecule has 0 aliphatic heterocycles. The highest BCUT2D eigenvalue weighted by atomic mass is 32.1. The minimum Gasteiger partial charge on any atom is -0.496 e. The summed E-state index contributed by atoms with van der Waals surface area (Å²) in [5.74, 6) is 1.23. The Balaban J connectivity index is 2.30. The van der Waals surface area contributed by atoms with Gasteiger partial charge in [-0.15, -0.1) is 11.3 Å². The van der Waals surface area contributed by atoms with Gasteiger partial charge in [-0.25, -0.2) is 4.98 Å². The SMILES string of the molecule is COc1ccccc1Cc1nc(C(C)C)c(CC#N)s1. The van der Waals surface area contributed by atoms with E-state index in [4.69, 9.17) is 15.0 Å². The van der Waals surface area contributed by atoms with Crippen LogP contribution in [0.2, 0.25) is 0 Å². The second-order valence-corrected chi connectivity index (χ2v) is 6.06. The number of thiazole rings is 1.